The van der Waals surface area contributed by atoms with Gasteiger partial charge < -0.3 is 64.8 Å². The molecule has 5 aliphatic heterocycles. The number of hydrogen-bond donors (Lipinski definition) is 9. The zero-order valence-corrected chi connectivity index (χ0v) is 50.4. The second-order valence-corrected chi connectivity index (χ2v) is 27.7. The molecule has 8 rings (SSSR count). The average molecular weight is 1180 g/mol. The van der Waals surface area contributed by atoms with Crippen LogP contribution in [0, 0.1) is 48.3 Å². The van der Waals surface area contributed by atoms with Crippen molar-refractivity contribution in [1.82, 2.24) is 20.4 Å². The summed E-state index contributed by atoms with van der Waals surface area (Å²) in [5, 5.41) is 30.8. The number of esters is 1. The number of piperidine rings is 1. The number of rotatable bonds is 12. The Bertz CT molecular complexity index is 3080. The van der Waals surface area contributed by atoms with Crippen LogP contribution >= 0.6 is 15.2 Å². The van der Waals surface area contributed by atoms with Gasteiger partial charge in [0.25, 0.3) is 11.7 Å². The van der Waals surface area contributed by atoms with E-state index in [0.29, 0.717) is 31.8 Å². The molecule has 24 heteroatoms. The highest BCUT2D eigenvalue weighted by Crippen LogP contribution is 2.61. The van der Waals surface area contributed by atoms with Crippen molar-refractivity contribution < 1.29 is 77.1 Å². The Kier molecular flexibility index (Phi) is 19.3. The third kappa shape index (κ3) is 13.7. The summed E-state index contributed by atoms with van der Waals surface area (Å²) in [5.41, 5.74) is 0.119. The highest BCUT2D eigenvalue weighted by Gasteiger charge is 2.55. The number of carbonyl (C=O) groups excluding carboxylic acids is 5. The summed E-state index contributed by atoms with van der Waals surface area (Å²) in [5.74, 6) is -7.06. The van der Waals surface area contributed by atoms with Crippen LogP contribution in [0.5, 0.6) is 11.5 Å². The number of phenolic OH excluding ortho intramolecular Hbond substituents is 1. The van der Waals surface area contributed by atoms with Gasteiger partial charge in [0.2, 0.25) is 11.7 Å². The van der Waals surface area contributed by atoms with E-state index in [0.717, 1.165) is 6.54 Å². The molecule has 22 nitrogen and oxygen atoms in total. The van der Waals surface area contributed by atoms with Gasteiger partial charge in [0.05, 0.1) is 48.0 Å². The number of fused-ring (bicyclic) bond motifs is 13. The van der Waals surface area contributed by atoms with Gasteiger partial charge in [-0.3, -0.25) is 43.0 Å². The van der Waals surface area contributed by atoms with Crippen LogP contribution in [0.2, 0.25) is 0 Å². The van der Waals surface area contributed by atoms with Gasteiger partial charge in [0.15, 0.2) is 5.40 Å². The van der Waals surface area contributed by atoms with Gasteiger partial charge in [-0.1, -0.05) is 85.8 Å². The third-order valence-electron chi connectivity index (χ3n) is 16.9. The maximum atomic E-state index is 14.9. The number of hydrogen-bond acceptors (Lipinski definition) is 16. The van der Waals surface area contributed by atoms with E-state index >= 15 is 0 Å². The third-order valence-corrected chi connectivity index (χ3v) is 20.6. The summed E-state index contributed by atoms with van der Waals surface area (Å²) in [7, 11) is -8.78. The van der Waals surface area contributed by atoms with Crippen LogP contribution in [-0.4, -0.2) is 143 Å². The van der Waals surface area contributed by atoms with E-state index in [1.165, 1.54) is 55.5 Å². The number of likely N-dealkylation sites (N-methyl/N-ethyl adjacent to an activating group) is 1. The standard InChI is InChI=1S/C58H80N6O16P2/c1-30(2)27-64-23-21-58(22-24-64)61-47-44-45-51(68)38(10)54-46(44)55(70)57(11,80-54)78-25-20-31(3)34(6)35(7)36(8)50(67)37(9)53(32(4)14-13-15-33(5)56(71)60-49(52(45)69)48(47)62-58)79-42(66)29-63(12)28-41(65)59-40-18-16-39(17-19-40)26-43(81(72,73)74)82(75,76)77/h13-20,25,30-32,34-37,43,50,53,62,67-68H,21-24,26-29H2,1-12H3,(H,59,65)(H,60,71)(H2,72,73,74)(H2,75,76,77)/b14-13+,25-20+,33-15-/t31-,32-,34+,35+,36-,37-,50-,53-,57-/m0/s1. The van der Waals surface area contributed by atoms with Gasteiger partial charge >= 0.3 is 26.9 Å². The molecule has 2 amide bonds. The average Bonchev–Trinajstić information content (AvgIpc) is 1.61. The van der Waals surface area contributed by atoms with E-state index in [4.69, 9.17) is 19.2 Å². The van der Waals surface area contributed by atoms with Gasteiger partial charge in [-0.05, 0) is 80.7 Å². The summed E-state index contributed by atoms with van der Waals surface area (Å²) < 4.78 is 42.3. The first kappa shape index (κ1) is 63.8. The maximum Gasteiger partial charge on any atom is 0.341 e. The number of nitrogens with zero attached hydrogens (tertiary/aromatic N) is 3. The van der Waals surface area contributed by atoms with Crippen LogP contribution in [0.1, 0.15) is 119 Å². The Morgan fingerprint density at radius 1 is 0.878 bits per heavy atom. The van der Waals surface area contributed by atoms with Crippen molar-refractivity contribution in [2.24, 2.45) is 46.4 Å². The molecule has 5 bridgehead atoms. The minimum Gasteiger partial charge on any atom is -0.507 e. The largest absolute Gasteiger partial charge is 0.507 e. The molecule has 82 heavy (non-hydrogen) atoms. The quantitative estimate of drug-likeness (QED) is 0.0833. The van der Waals surface area contributed by atoms with Crippen molar-refractivity contribution in [3.8, 4) is 11.5 Å². The van der Waals surface area contributed by atoms with Gasteiger partial charge in [-0.2, -0.15) is 0 Å². The Balaban J connectivity index is 1.16. The topological polar surface area (TPSA) is 323 Å². The predicted molar refractivity (Wildman–Crippen MR) is 307 cm³/mol. The Hall–Kier alpha value is -5.80. The van der Waals surface area contributed by atoms with Crippen molar-refractivity contribution in [1.29, 1.82) is 0 Å². The Morgan fingerprint density at radius 3 is 2.12 bits per heavy atom. The maximum absolute atomic E-state index is 14.9. The molecule has 0 saturated carbocycles. The molecule has 1 spiro atoms. The molecule has 1 fully saturated rings. The second kappa shape index (κ2) is 24.8. The molecule has 9 N–H and O–H groups in total. The minimum absolute atomic E-state index is 0.0386. The second-order valence-electron chi connectivity index (χ2n) is 23.7. The summed E-state index contributed by atoms with van der Waals surface area (Å²) in [6, 6.07) is 5.55. The fraction of sp³-hybridized carbons (Fsp3) is 0.552. The predicted octanol–water partition coefficient (Wildman–Crippen LogP) is 6.29. The normalized spacial score (nSPS) is 28.7. The van der Waals surface area contributed by atoms with E-state index in [-0.39, 0.29) is 98.7 Å². The number of Topliss-reactive ketones (excluding diaryl/α,β-unsaturated/α-hetero) is 2. The van der Waals surface area contributed by atoms with Gasteiger partial charge in [0, 0.05) is 73.6 Å². The van der Waals surface area contributed by atoms with Crippen LogP contribution in [0.25, 0.3) is 0 Å². The number of amides is 2. The molecule has 1 aliphatic carbocycles. The van der Waals surface area contributed by atoms with Gasteiger partial charge in [-0.25, -0.2) is 0 Å². The zero-order valence-electron chi connectivity index (χ0n) is 48.6. The number of ether oxygens (including phenoxy) is 3. The van der Waals surface area contributed by atoms with Crippen LogP contribution in [-0.2, 0) is 39.4 Å². The van der Waals surface area contributed by atoms with Crippen molar-refractivity contribution in [3.63, 3.8) is 0 Å². The number of aliphatic hydroxyl groups is 1. The number of aliphatic imine (C=N–C) groups is 1. The Labute approximate surface area is 478 Å². The van der Waals surface area contributed by atoms with E-state index in [9.17, 15) is 62.9 Å². The van der Waals surface area contributed by atoms with E-state index in [1.807, 2.05) is 27.7 Å². The van der Waals surface area contributed by atoms with Crippen LogP contribution < -0.4 is 20.7 Å². The first-order valence-corrected chi connectivity index (χ1v) is 31.1. The van der Waals surface area contributed by atoms with E-state index in [2.05, 4.69) is 34.7 Å². The molecule has 448 valence electrons. The monoisotopic (exact) mass is 1180 g/mol. The smallest absolute Gasteiger partial charge is 0.341 e. The number of nitrogens with one attached hydrogen (secondary N) is 3. The Morgan fingerprint density at radius 2 is 1.51 bits per heavy atom. The van der Waals surface area contributed by atoms with Crippen LogP contribution in [0.4, 0.5) is 5.69 Å². The molecule has 6 aliphatic rings. The number of ketones is 2. The van der Waals surface area contributed by atoms with Gasteiger partial charge in [-0.15, -0.1) is 0 Å². The van der Waals surface area contributed by atoms with E-state index in [1.54, 1.807) is 45.9 Å². The lowest BCUT2D eigenvalue weighted by Gasteiger charge is -2.38. The van der Waals surface area contributed by atoms with E-state index < -0.39 is 97.6 Å². The lowest BCUT2D eigenvalue weighted by atomic mass is 9.72. The summed E-state index contributed by atoms with van der Waals surface area (Å²) in [6.07, 6.45) is 6.63. The molecule has 0 radical (unpaired) electrons. The number of likely N-dealkylation sites (tertiary alicyclic amines) is 1. The number of allylic oxidation sites excluding steroid dienone is 5. The molecule has 0 unspecified atom stereocenters. The summed E-state index contributed by atoms with van der Waals surface area (Å²) >= 11 is 0. The lowest BCUT2D eigenvalue weighted by Crippen LogP contribution is -2.50. The highest BCUT2D eigenvalue weighted by molar-refractivity contribution is 7.70. The van der Waals surface area contributed by atoms with Crippen LogP contribution in [0.15, 0.2) is 76.8 Å². The summed E-state index contributed by atoms with van der Waals surface area (Å²) in [4.78, 5) is 118. The van der Waals surface area contributed by atoms with Crippen molar-refractivity contribution in [2.45, 2.75) is 124 Å². The number of carbonyl (C=O) groups is 5. The van der Waals surface area contributed by atoms with Crippen molar-refractivity contribution >= 4 is 55.9 Å². The van der Waals surface area contributed by atoms with Crippen LogP contribution in [0.3, 0.4) is 0 Å². The molecule has 5 heterocycles. The molecular formula is C58H80N6O16P2. The number of benzene rings is 2. The lowest BCUT2D eigenvalue weighted by molar-refractivity contribution is -0.158. The first-order valence-electron chi connectivity index (χ1n) is 27.8. The van der Waals surface area contributed by atoms with Gasteiger partial charge in [0.1, 0.15) is 29.0 Å². The zero-order chi connectivity index (χ0) is 60.7. The molecule has 2 aromatic rings. The number of aliphatic hydroxyl groups excluding tert-OH is 1. The van der Waals surface area contributed by atoms with Crippen molar-refractivity contribution in [3.05, 3.63) is 99.6 Å². The SMILES string of the molecule is C/C1=C/C=C/[C@H](C)[C@H](OC(=O)CN(C)CC(=O)Nc2ccc(CC(P(=O)(O)O)P(=O)(O)O)cc2)[C@@H](C)[C@@H](O)[C@@H](C)[C@H](C)[C@H](C)[C@@H](C)/C=C/O[C@@]2(C)Oc3c(C)c(O)c4c(c3C2=O)C2=NC3(CCN(CC(C)C)CC3)NC2=C(NC1=O)C4=O. The molecule has 1 saturated heterocycles. The first-order chi connectivity index (χ1) is 38.2. The fourth-order valence-corrected chi connectivity index (χ4v) is 14.0. The number of aromatic hydroxyl groups is 1. The molecule has 9 atom stereocenters. The molecule has 2 aromatic carbocycles. The molecule has 0 aromatic heterocycles. The number of anilines is 1. The minimum atomic E-state index is -5.16. The summed E-state index contributed by atoms with van der Waals surface area (Å²) in [6.45, 7) is 22.0. The number of phenols is 1. The molecular weight excluding hydrogens is 1100 g/mol. The highest BCUT2D eigenvalue weighted by atomic mass is 31.2. The fourth-order valence-electron chi connectivity index (χ4n) is 11.5. The van der Waals surface area contributed by atoms with Crippen molar-refractivity contribution in [2.75, 3.05) is 45.1 Å².